The maximum Gasteiger partial charge on any atom is 0.147 e. The van der Waals surface area contributed by atoms with Crippen molar-refractivity contribution >= 4 is 17.4 Å². The van der Waals surface area contributed by atoms with Crippen molar-refractivity contribution in [2.45, 2.75) is 6.54 Å². The predicted molar refractivity (Wildman–Crippen MR) is 116 cm³/mol. The summed E-state index contributed by atoms with van der Waals surface area (Å²) in [7, 11) is 2.02. The van der Waals surface area contributed by atoms with E-state index in [1.165, 1.54) is 5.56 Å². The van der Waals surface area contributed by atoms with Gasteiger partial charge in [-0.25, -0.2) is 4.98 Å². The van der Waals surface area contributed by atoms with Crippen LogP contribution in [0.2, 0.25) is 5.02 Å². The Balaban J connectivity index is 1.72. The molecule has 4 heteroatoms. The molecule has 4 aromatic rings. The summed E-state index contributed by atoms with van der Waals surface area (Å²) in [6, 6.07) is 28.2. The van der Waals surface area contributed by atoms with Crippen LogP contribution in [0.15, 0.2) is 91.1 Å². The van der Waals surface area contributed by atoms with Gasteiger partial charge in [0.1, 0.15) is 5.82 Å². The third kappa shape index (κ3) is 4.05. The summed E-state index contributed by atoms with van der Waals surface area (Å²) < 4.78 is 0. The van der Waals surface area contributed by atoms with E-state index in [1.807, 2.05) is 73.9 Å². The second-order valence-corrected chi connectivity index (χ2v) is 7.08. The highest BCUT2D eigenvalue weighted by Crippen LogP contribution is 2.30. The molecule has 0 bridgehead atoms. The number of benzene rings is 3. The number of rotatable bonds is 5. The molecule has 1 heterocycles. The zero-order chi connectivity index (χ0) is 19.3. The quantitative estimate of drug-likeness (QED) is 0.415. The van der Waals surface area contributed by atoms with E-state index in [0.29, 0.717) is 0 Å². The summed E-state index contributed by atoms with van der Waals surface area (Å²) in [6.07, 6.45) is 1.84. The highest BCUT2D eigenvalue weighted by atomic mass is 35.5. The first-order valence-corrected chi connectivity index (χ1v) is 9.52. The summed E-state index contributed by atoms with van der Waals surface area (Å²) >= 11 is 5.99. The van der Waals surface area contributed by atoms with Crippen LogP contribution in [0.4, 0.5) is 5.82 Å². The molecule has 1 aromatic heterocycles. The SMILES string of the molecule is CN(Cc1ccc(Cl)cc1)c1cnc(-c2ccccc2)c(-c2ccccc2)n1. The van der Waals surface area contributed by atoms with Crippen LogP contribution in [-0.4, -0.2) is 17.0 Å². The summed E-state index contributed by atoms with van der Waals surface area (Å²) in [5.74, 6) is 0.827. The van der Waals surface area contributed by atoms with Crippen molar-refractivity contribution in [1.82, 2.24) is 9.97 Å². The van der Waals surface area contributed by atoms with E-state index < -0.39 is 0 Å². The van der Waals surface area contributed by atoms with Gasteiger partial charge in [-0.05, 0) is 17.7 Å². The van der Waals surface area contributed by atoms with E-state index in [1.54, 1.807) is 0 Å². The van der Waals surface area contributed by atoms with Gasteiger partial charge in [-0.2, -0.15) is 0 Å². The Labute approximate surface area is 170 Å². The third-order valence-corrected chi connectivity index (χ3v) is 4.83. The first kappa shape index (κ1) is 18.2. The third-order valence-electron chi connectivity index (χ3n) is 4.58. The molecular formula is C24H20ClN3. The molecule has 0 unspecified atom stereocenters. The second kappa shape index (κ2) is 8.24. The molecular weight excluding hydrogens is 366 g/mol. The molecule has 0 saturated heterocycles. The van der Waals surface area contributed by atoms with Gasteiger partial charge in [0.2, 0.25) is 0 Å². The fourth-order valence-corrected chi connectivity index (χ4v) is 3.24. The Morgan fingerprint density at radius 1 is 0.750 bits per heavy atom. The van der Waals surface area contributed by atoms with Crippen molar-refractivity contribution in [2.24, 2.45) is 0 Å². The molecule has 0 radical (unpaired) electrons. The molecule has 0 aliphatic heterocycles. The lowest BCUT2D eigenvalue weighted by Crippen LogP contribution is -2.18. The standard InChI is InChI=1S/C24H20ClN3/c1-28(17-18-12-14-21(25)15-13-18)22-16-26-23(19-8-4-2-5-9-19)24(27-22)20-10-6-3-7-11-20/h2-16H,17H2,1H3. The van der Waals surface area contributed by atoms with Crippen molar-refractivity contribution in [3.8, 4) is 22.5 Å². The van der Waals surface area contributed by atoms with Crippen molar-refractivity contribution in [2.75, 3.05) is 11.9 Å². The molecule has 0 saturated carbocycles. The molecule has 138 valence electrons. The van der Waals surface area contributed by atoms with E-state index in [-0.39, 0.29) is 0 Å². The van der Waals surface area contributed by atoms with Crippen molar-refractivity contribution in [3.05, 3.63) is 102 Å². The Morgan fingerprint density at radius 3 is 1.93 bits per heavy atom. The van der Waals surface area contributed by atoms with E-state index in [9.17, 15) is 0 Å². The zero-order valence-corrected chi connectivity index (χ0v) is 16.3. The molecule has 0 N–H and O–H groups in total. The zero-order valence-electron chi connectivity index (χ0n) is 15.6. The average Bonchev–Trinajstić information content (AvgIpc) is 2.76. The van der Waals surface area contributed by atoms with Gasteiger partial charge in [-0.3, -0.25) is 4.98 Å². The highest BCUT2D eigenvalue weighted by Gasteiger charge is 2.14. The molecule has 0 amide bonds. The number of aromatic nitrogens is 2. The molecule has 0 atom stereocenters. The van der Waals surface area contributed by atoms with Crippen molar-refractivity contribution in [1.29, 1.82) is 0 Å². The summed E-state index contributed by atoms with van der Waals surface area (Å²) in [5, 5.41) is 0.741. The summed E-state index contributed by atoms with van der Waals surface area (Å²) in [6.45, 7) is 0.727. The van der Waals surface area contributed by atoms with Crippen molar-refractivity contribution < 1.29 is 0 Å². The Hall–Kier alpha value is -3.17. The van der Waals surface area contributed by atoms with E-state index in [2.05, 4.69) is 29.2 Å². The minimum atomic E-state index is 0.727. The van der Waals surface area contributed by atoms with E-state index in [4.69, 9.17) is 21.6 Å². The van der Waals surface area contributed by atoms with Crippen LogP contribution in [0.1, 0.15) is 5.56 Å². The molecule has 0 fully saturated rings. The van der Waals surface area contributed by atoms with Gasteiger partial charge in [-0.1, -0.05) is 84.4 Å². The smallest absolute Gasteiger partial charge is 0.147 e. The predicted octanol–water partition coefficient (Wildman–Crippen LogP) is 6.10. The van der Waals surface area contributed by atoms with Crippen LogP contribution in [0.25, 0.3) is 22.5 Å². The van der Waals surface area contributed by atoms with Gasteiger partial charge < -0.3 is 4.90 Å². The number of anilines is 1. The molecule has 3 aromatic carbocycles. The topological polar surface area (TPSA) is 29.0 Å². The number of hydrogen-bond donors (Lipinski definition) is 0. The van der Waals surface area contributed by atoms with Crippen LogP contribution in [0.3, 0.4) is 0 Å². The second-order valence-electron chi connectivity index (χ2n) is 6.64. The van der Waals surface area contributed by atoms with E-state index >= 15 is 0 Å². The maximum absolute atomic E-state index is 5.99. The average molecular weight is 386 g/mol. The Bertz CT molecular complexity index is 1050. The summed E-state index contributed by atoms with van der Waals surface area (Å²) in [4.78, 5) is 11.8. The molecule has 0 spiro atoms. The van der Waals surface area contributed by atoms with Gasteiger partial charge >= 0.3 is 0 Å². The van der Waals surface area contributed by atoms with Crippen LogP contribution < -0.4 is 4.90 Å². The largest absolute Gasteiger partial charge is 0.354 e. The van der Waals surface area contributed by atoms with Gasteiger partial charge in [0.25, 0.3) is 0 Å². The fourth-order valence-electron chi connectivity index (χ4n) is 3.11. The number of halogens is 1. The fraction of sp³-hybridized carbons (Fsp3) is 0.0833. The first-order chi connectivity index (χ1) is 13.7. The molecule has 0 aliphatic rings. The normalized spacial score (nSPS) is 10.6. The minimum Gasteiger partial charge on any atom is -0.354 e. The van der Waals surface area contributed by atoms with Gasteiger partial charge in [0, 0.05) is 29.7 Å². The lowest BCUT2D eigenvalue weighted by Gasteiger charge is -2.20. The van der Waals surface area contributed by atoms with Gasteiger partial charge in [-0.15, -0.1) is 0 Å². The van der Waals surface area contributed by atoms with Crippen LogP contribution >= 0.6 is 11.6 Å². The van der Waals surface area contributed by atoms with Crippen LogP contribution in [0, 0.1) is 0 Å². The first-order valence-electron chi connectivity index (χ1n) is 9.14. The summed E-state index contributed by atoms with van der Waals surface area (Å²) in [5.41, 5.74) is 5.04. The van der Waals surface area contributed by atoms with Crippen LogP contribution in [-0.2, 0) is 6.54 Å². The minimum absolute atomic E-state index is 0.727. The highest BCUT2D eigenvalue weighted by molar-refractivity contribution is 6.30. The lowest BCUT2D eigenvalue weighted by molar-refractivity contribution is 0.892. The van der Waals surface area contributed by atoms with E-state index in [0.717, 1.165) is 39.9 Å². The Morgan fingerprint density at radius 2 is 1.32 bits per heavy atom. The maximum atomic E-state index is 5.99. The van der Waals surface area contributed by atoms with Gasteiger partial charge in [0.05, 0.1) is 17.6 Å². The molecule has 3 nitrogen and oxygen atoms in total. The lowest BCUT2D eigenvalue weighted by atomic mass is 10.0. The van der Waals surface area contributed by atoms with Crippen LogP contribution in [0.5, 0.6) is 0 Å². The number of nitrogens with zero attached hydrogens (tertiary/aromatic N) is 3. The molecule has 0 aliphatic carbocycles. The van der Waals surface area contributed by atoms with Gasteiger partial charge in [0.15, 0.2) is 0 Å². The monoisotopic (exact) mass is 385 g/mol. The Kier molecular flexibility index (Phi) is 5.36. The van der Waals surface area contributed by atoms with Crippen molar-refractivity contribution in [3.63, 3.8) is 0 Å². The number of hydrogen-bond acceptors (Lipinski definition) is 3. The molecule has 28 heavy (non-hydrogen) atoms. The molecule has 4 rings (SSSR count).